The van der Waals surface area contributed by atoms with Crippen molar-refractivity contribution >= 4 is 34.2 Å². The summed E-state index contributed by atoms with van der Waals surface area (Å²) in [7, 11) is 4.91. The monoisotopic (exact) mass is 1230 g/mol. The Morgan fingerprint density at radius 3 is 2.06 bits per heavy atom. The molecule has 1 unspecified atom stereocenters. The van der Waals surface area contributed by atoms with Crippen molar-refractivity contribution in [3.05, 3.63) is 179 Å². The number of imidazole rings is 1. The number of H-pyrrole nitrogens is 1. The first-order valence-electron chi connectivity index (χ1n) is 31.7. The summed E-state index contributed by atoms with van der Waals surface area (Å²) in [4.78, 5) is 33.5. The molecule has 3 saturated carbocycles. The summed E-state index contributed by atoms with van der Waals surface area (Å²) in [6, 6.07) is 22.8. The molecule has 0 radical (unpaired) electrons. The number of carbonyl (C=O) groups excluding carboxylic acids is 1. The van der Waals surface area contributed by atoms with Gasteiger partial charge in [0.15, 0.2) is 17.3 Å². The number of aromatic amines is 1. The van der Waals surface area contributed by atoms with Gasteiger partial charge < -0.3 is 33.8 Å². The molecule has 1 atom stereocenters. The minimum atomic E-state index is -0.315. The maximum absolute atomic E-state index is 11.9. The zero-order valence-electron chi connectivity index (χ0n) is 53.7. The number of aryl methyl sites for hydroxylation is 1. The van der Waals surface area contributed by atoms with Crippen molar-refractivity contribution in [3.63, 3.8) is 0 Å². The average Bonchev–Trinajstić information content (AvgIpc) is 4.13. The highest BCUT2D eigenvalue weighted by molar-refractivity contribution is 7.13. The second-order valence-electron chi connectivity index (χ2n) is 22.7. The van der Waals surface area contributed by atoms with Crippen LogP contribution in [-0.4, -0.2) is 69.5 Å². The molecule has 7 aromatic rings. The van der Waals surface area contributed by atoms with E-state index in [2.05, 4.69) is 89.1 Å². The Morgan fingerprint density at radius 2 is 1.45 bits per heavy atom. The minimum absolute atomic E-state index is 0.0980. The Bertz CT molecular complexity index is 3430. The van der Waals surface area contributed by atoms with Crippen LogP contribution in [0.25, 0.3) is 49.2 Å². The zero-order valence-corrected chi connectivity index (χ0v) is 55.3. The third kappa shape index (κ3) is 18.7. The fraction of sp³-hybridized carbons (Fsp3) is 0.419. The molecule has 4 aliphatic carbocycles. The molecule has 1 aliphatic heterocycles. The molecule has 5 heterocycles. The third-order valence-corrected chi connectivity index (χ3v) is 18.3. The number of nitrogens with zero attached hydrogens (tertiary/aromatic N) is 4. The molecule has 3 aromatic carbocycles. The summed E-state index contributed by atoms with van der Waals surface area (Å²) in [5.41, 5.74) is 10.5. The van der Waals surface area contributed by atoms with Gasteiger partial charge >= 0.3 is 5.97 Å². The van der Waals surface area contributed by atoms with Crippen LogP contribution in [0.2, 0.25) is 0 Å². The highest BCUT2D eigenvalue weighted by Gasteiger charge is 2.45. The molecule has 88 heavy (non-hydrogen) atoms. The van der Waals surface area contributed by atoms with Crippen molar-refractivity contribution in [3.8, 4) is 60.9 Å². The summed E-state index contributed by atoms with van der Waals surface area (Å²) in [6.45, 7) is 19.0. The number of benzene rings is 3. The molecule has 4 fully saturated rings. The largest absolute Gasteiger partial charge is 0.504 e. The van der Waals surface area contributed by atoms with Gasteiger partial charge in [-0.05, 0) is 118 Å². The number of rotatable bonds is 13. The number of allylic oxidation sites excluding steroid dienone is 8. The predicted molar refractivity (Wildman–Crippen MR) is 363 cm³/mol. The molecule has 1 spiro atoms. The lowest BCUT2D eigenvalue weighted by Gasteiger charge is -2.22. The number of phenolic OH excluding ortho intramolecular Hbond substituents is 1. The van der Waals surface area contributed by atoms with Crippen molar-refractivity contribution in [1.82, 2.24) is 24.9 Å². The van der Waals surface area contributed by atoms with Gasteiger partial charge in [0, 0.05) is 68.9 Å². The van der Waals surface area contributed by atoms with Gasteiger partial charge in [-0.15, -0.1) is 22.7 Å². The van der Waals surface area contributed by atoms with E-state index in [1.807, 2.05) is 80.9 Å². The van der Waals surface area contributed by atoms with Crippen LogP contribution >= 0.6 is 22.7 Å². The van der Waals surface area contributed by atoms with Crippen LogP contribution in [0.5, 0.6) is 17.2 Å². The van der Waals surface area contributed by atoms with Crippen LogP contribution < -0.4 is 9.47 Å². The highest BCUT2D eigenvalue weighted by atomic mass is 32.1. The Kier molecular flexibility index (Phi) is 26.9. The maximum Gasteiger partial charge on any atom is 0.338 e. The molecular formula is C74H93N5O7S2. The number of carbonyl (C=O) groups is 1. The van der Waals surface area contributed by atoms with Gasteiger partial charge in [-0.25, -0.2) is 19.7 Å². The number of hydrogen-bond donors (Lipinski definition) is 2. The minimum Gasteiger partial charge on any atom is -0.504 e. The molecule has 4 aromatic heterocycles. The Labute approximate surface area is 532 Å². The molecule has 0 amide bonds. The standard InChI is InChI=1S/C22H25N3O2.C21H21NO3S.C16H15NO2S.C7H14.C6H12.C2H6/c1-4-17(21-24-14-19(25-21)16-7-11-23-12-8-16)18-13-22(9-5-6-10-22)27-20(18)15(2)26-3;1-4-14-9-10-16(12-19(14)24-3)20-22-18(13-26-20)15-7-6-8-17(11-15)21(23)25-5-2;1-19-15-8-7-12(9-14(15)18)16-17-13(10-20-16)11-5-3-2-4-6-11;1-7-5-3-2-4-6-7;1-6-4-2-3-5-6;1-2/h4,7-8,11-12,14H,1,5-6,9-10,13H2,2-3H3,(H,24,25);6-13H,4-5H2,1-3H3;2-5,7-11,18H,6H2,1H3;7H,2-6H2,1H3;6H,2-5H2,1H3;1-2H3/b18-17+,20-15-;;;;;. The summed E-state index contributed by atoms with van der Waals surface area (Å²) >= 11 is 3.17. The van der Waals surface area contributed by atoms with Crippen molar-refractivity contribution in [2.45, 2.75) is 163 Å². The van der Waals surface area contributed by atoms with E-state index in [1.54, 1.807) is 81.5 Å². The van der Waals surface area contributed by atoms with E-state index in [0.29, 0.717) is 23.8 Å². The number of aromatic nitrogens is 5. The number of thiazole rings is 2. The van der Waals surface area contributed by atoms with Crippen molar-refractivity contribution in [2.24, 2.45) is 11.8 Å². The second-order valence-corrected chi connectivity index (χ2v) is 24.4. The van der Waals surface area contributed by atoms with Crippen LogP contribution in [0, 0.1) is 11.8 Å². The lowest BCUT2D eigenvalue weighted by atomic mass is 9.91. The maximum atomic E-state index is 11.9. The molecule has 12 rings (SSSR count). The molecule has 5 aliphatic rings. The van der Waals surface area contributed by atoms with Gasteiger partial charge in [-0.2, -0.15) is 0 Å². The van der Waals surface area contributed by atoms with Gasteiger partial charge in [-0.1, -0.05) is 154 Å². The van der Waals surface area contributed by atoms with E-state index in [0.717, 1.165) is 128 Å². The molecule has 468 valence electrons. The number of nitrogens with one attached hydrogen (secondary N) is 1. The molecule has 1 saturated heterocycles. The van der Waals surface area contributed by atoms with Gasteiger partial charge in [0.05, 0.1) is 56.8 Å². The summed E-state index contributed by atoms with van der Waals surface area (Å²) in [5, 5.41) is 15.8. The van der Waals surface area contributed by atoms with Crippen molar-refractivity contribution < 1.29 is 33.6 Å². The van der Waals surface area contributed by atoms with E-state index in [-0.39, 0.29) is 17.3 Å². The molecular weight excluding hydrogens is 1130 g/mol. The van der Waals surface area contributed by atoms with E-state index >= 15 is 0 Å². The van der Waals surface area contributed by atoms with Crippen LogP contribution in [0.4, 0.5) is 0 Å². The topological polar surface area (TPSA) is 151 Å². The Hall–Kier alpha value is -7.55. The average molecular weight is 1230 g/mol. The fourth-order valence-electron chi connectivity index (χ4n) is 11.5. The predicted octanol–water partition coefficient (Wildman–Crippen LogP) is 20.2. The molecule has 12 nitrogen and oxygen atoms in total. The molecule has 0 bridgehead atoms. The first-order chi connectivity index (χ1) is 42.9. The van der Waals surface area contributed by atoms with E-state index in [4.69, 9.17) is 28.7 Å². The lowest BCUT2D eigenvalue weighted by molar-refractivity contribution is 0.0390. The molecule has 2 N–H and O–H groups in total. The van der Waals surface area contributed by atoms with Gasteiger partial charge in [-0.3, -0.25) is 4.98 Å². The quantitative estimate of drug-likeness (QED) is 0.0839. The summed E-state index contributed by atoms with van der Waals surface area (Å²) in [6.07, 6.45) is 36.5. The summed E-state index contributed by atoms with van der Waals surface area (Å²) < 4.78 is 27.6. The van der Waals surface area contributed by atoms with Crippen LogP contribution in [0.1, 0.15) is 178 Å². The number of pyridine rings is 1. The van der Waals surface area contributed by atoms with E-state index < -0.39 is 0 Å². The van der Waals surface area contributed by atoms with Crippen LogP contribution in [0.15, 0.2) is 156 Å². The first kappa shape index (κ1) is 67.9. The number of hydrogen-bond acceptors (Lipinski definition) is 13. The van der Waals surface area contributed by atoms with Crippen LogP contribution in [0.3, 0.4) is 0 Å². The Balaban J connectivity index is 0.000000169. The van der Waals surface area contributed by atoms with Gasteiger partial charge in [0.1, 0.15) is 32.9 Å². The van der Waals surface area contributed by atoms with Crippen molar-refractivity contribution in [2.75, 3.05) is 27.9 Å². The first-order valence-corrected chi connectivity index (χ1v) is 33.5. The van der Waals surface area contributed by atoms with Gasteiger partial charge in [0.2, 0.25) is 0 Å². The van der Waals surface area contributed by atoms with Crippen molar-refractivity contribution in [1.29, 1.82) is 0 Å². The number of ether oxygens (including phenoxy) is 5. The number of aromatic hydroxyl groups is 1. The Morgan fingerprint density at radius 1 is 0.784 bits per heavy atom. The lowest BCUT2D eigenvalue weighted by Crippen LogP contribution is -2.22. The van der Waals surface area contributed by atoms with Crippen LogP contribution in [-0.2, 0) is 20.6 Å². The molecule has 14 heteroatoms. The van der Waals surface area contributed by atoms with E-state index in [1.165, 1.54) is 76.2 Å². The van der Waals surface area contributed by atoms with E-state index in [9.17, 15) is 9.90 Å². The third-order valence-electron chi connectivity index (χ3n) is 16.5. The highest BCUT2D eigenvalue weighted by Crippen LogP contribution is 2.50. The second kappa shape index (κ2) is 34.9. The smallest absolute Gasteiger partial charge is 0.338 e. The number of esters is 1. The fourth-order valence-corrected chi connectivity index (χ4v) is 13.2. The number of phenols is 1. The number of methoxy groups -OCH3 is 3. The summed E-state index contributed by atoms with van der Waals surface area (Å²) in [5.74, 6) is 6.07. The SMILES string of the molecule is C=C/C(=C1/CC2(CCCC2)O/C1=C(/C)OC)c1ncc(-c2ccncc2)[nH]1.CC.CC1CCCC1.CC1CCCCC1.CCOC(=O)c1cccc(-c2csc(-c3ccc(CC)c(OC)c3)n2)c1.COc1ccc(-c2nc(C3C=CC=CC3)cs2)cc1O. The normalized spacial score (nSPS) is 17.6. The van der Waals surface area contributed by atoms with Gasteiger partial charge in [0.25, 0.3) is 0 Å². The zero-order chi connectivity index (χ0) is 62.8.